The fraction of sp³-hybridized carbons (Fsp3) is 0.154. The molecule has 0 radical (unpaired) electrons. The van der Waals surface area contributed by atoms with Crippen molar-refractivity contribution in [2.24, 2.45) is 0 Å². The van der Waals surface area contributed by atoms with Crippen LogP contribution >= 0.6 is 35.0 Å². The Morgan fingerprint density at radius 2 is 2.06 bits per heavy atom. The van der Waals surface area contributed by atoms with Gasteiger partial charge in [-0.05, 0) is 30.3 Å². The van der Waals surface area contributed by atoms with Gasteiger partial charge in [0.05, 0.1) is 10.7 Å². The Morgan fingerprint density at radius 1 is 1.22 bits per heavy atom. The first-order valence-corrected chi connectivity index (χ1v) is 7.08. The molecule has 0 aliphatic carbocycles. The molecule has 0 aliphatic rings. The number of thioether (sulfide) groups is 1. The fourth-order valence-corrected chi connectivity index (χ4v) is 2.85. The molecule has 94 valence electrons. The third kappa shape index (κ3) is 3.62. The molecule has 2 nitrogen and oxygen atoms in total. The van der Waals surface area contributed by atoms with Gasteiger partial charge in [-0.25, -0.2) is 0 Å². The van der Waals surface area contributed by atoms with Crippen molar-refractivity contribution < 1.29 is 5.11 Å². The van der Waals surface area contributed by atoms with Gasteiger partial charge in [0.2, 0.25) is 0 Å². The largest absolute Gasteiger partial charge is 0.386 e. The van der Waals surface area contributed by atoms with Crippen molar-refractivity contribution in [1.82, 2.24) is 4.98 Å². The van der Waals surface area contributed by atoms with Crippen LogP contribution < -0.4 is 0 Å². The highest BCUT2D eigenvalue weighted by molar-refractivity contribution is 7.99. The van der Waals surface area contributed by atoms with Crippen molar-refractivity contribution in [2.45, 2.75) is 11.0 Å². The maximum Gasteiger partial charge on any atom is 0.107 e. The van der Waals surface area contributed by atoms with E-state index in [2.05, 4.69) is 4.98 Å². The monoisotopic (exact) mass is 299 g/mol. The lowest BCUT2D eigenvalue weighted by atomic mass is 10.2. The van der Waals surface area contributed by atoms with Crippen molar-refractivity contribution in [1.29, 1.82) is 0 Å². The van der Waals surface area contributed by atoms with Crippen LogP contribution in [0.3, 0.4) is 0 Å². The highest BCUT2D eigenvalue weighted by atomic mass is 35.5. The van der Waals surface area contributed by atoms with Crippen LogP contribution in [0.5, 0.6) is 0 Å². The summed E-state index contributed by atoms with van der Waals surface area (Å²) in [5.41, 5.74) is 0.508. The predicted molar refractivity (Wildman–Crippen MR) is 76.4 cm³/mol. The molecule has 2 aromatic rings. The third-order valence-corrected chi connectivity index (χ3v) is 3.93. The molecule has 2 rings (SSSR count). The summed E-state index contributed by atoms with van der Waals surface area (Å²) in [6, 6.07) is 11.0. The molecule has 0 saturated carbocycles. The smallest absolute Gasteiger partial charge is 0.107 e. The van der Waals surface area contributed by atoms with E-state index in [1.165, 1.54) is 11.8 Å². The van der Waals surface area contributed by atoms with E-state index in [4.69, 9.17) is 23.2 Å². The first kappa shape index (κ1) is 13.7. The molecule has 1 aromatic carbocycles. The molecule has 0 saturated heterocycles. The first-order valence-electron chi connectivity index (χ1n) is 5.33. The van der Waals surface area contributed by atoms with Gasteiger partial charge in [0, 0.05) is 21.9 Å². The van der Waals surface area contributed by atoms with Crippen LogP contribution in [-0.4, -0.2) is 15.8 Å². The molecule has 0 fully saturated rings. The Labute approximate surface area is 120 Å². The zero-order valence-electron chi connectivity index (χ0n) is 9.38. The quantitative estimate of drug-likeness (QED) is 0.858. The van der Waals surface area contributed by atoms with Crippen LogP contribution in [0, 0.1) is 0 Å². The summed E-state index contributed by atoms with van der Waals surface area (Å²) in [5.74, 6) is 0.483. The van der Waals surface area contributed by atoms with Crippen molar-refractivity contribution in [3.63, 3.8) is 0 Å². The van der Waals surface area contributed by atoms with Gasteiger partial charge >= 0.3 is 0 Å². The Balaban J connectivity index is 2.00. The molecule has 1 N–H and O–H groups in total. The molecule has 0 spiro atoms. The fourth-order valence-electron chi connectivity index (χ4n) is 1.45. The number of rotatable bonds is 4. The van der Waals surface area contributed by atoms with Gasteiger partial charge in [0.1, 0.15) is 6.10 Å². The normalized spacial score (nSPS) is 12.4. The molecule has 1 atom stereocenters. The van der Waals surface area contributed by atoms with Gasteiger partial charge in [0.15, 0.2) is 0 Å². The topological polar surface area (TPSA) is 33.1 Å². The van der Waals surface area contributed by atoms with Crippen molar-refractivity contribution in [3.8, 4) is 0 Å². The minimum absolute atomic E-state index is 0.483. The van der Waals surface area contributed by atoms with E-state index in [-0.39, 0.29) is 0 Å². The highest BCUT2D eigenvalue weighted by Crippen LogP contribution is 2.28. The van der Waals surface area contributed by atoms with E-state index in [0.717, 1.165) is 4.90 Å². The first-order chi connectivity index (χ1) is 8.66. The van der Waals surface area contributed by atoms with Gasteiger partial charge in [-0.2, -0.15) is 0 Å². The minimum atomic E-state index is -0.692. The van der Waals surface area contributed by atoms with Crippen LogP contribution in [0.4, 0.5) is 0 Å². The van der Waals surface area contributed by atoms with E-state index in [1.807, 2.05) is 24.3 Å². The number of aliphatic hydroxyl groups excluding tert-OH is 1. The van der Waals surface area contributed by atoms with Crippen LogP contribution in [0.25, 0.3) is 0 Å². The summed E-state index contributed by atoms with van der Waals surface area (Å²) < 4.78 is 0. The van der Waals surface area contributed by atoms with Gasteiger partial charge in [-0.3, -0.25) is 4.98 Å². The van der Waals surface area contributed by atoms with Crippen molar-refractivity contribution in [2.75, 3.05) is 5.75 Å². The lowest BCUT2D eigenvalue weighted by molar-refractivity contribution is 0.199. The molecule has 0 aliphatic heterocycles. The molecule has 0 amide bonds. The van der Waals surface area contributed by atoms with Crippen LogP contribution in [0.1, 0.15) is 11.8 Å². The second kappa shape index (κ2) is 6.43. The zero-order chi connectivity index (χ0) is 13.0. The Hall–Kier alpha value is -0.740. The zero-order valence-corrected chi connectivity index (χ0v) is 11.7. The average molecular weight is 300 g/mol. The van der Waals surface area contributed by atoms with Gasteiger partial charge < -0.3 is 5.11 Å². The standard InChI is InChI=1S/C13H11Cl2NOS/c14-9-3-1-4-10(7-9)18-8-12(17)13-11(15)5-2-6-16-13/h1-7,12,17H,8H2. The number of nitrogens with zero attached hydrogens (tertiary/aromatic N) is 1. The highest BCUT2D eigenvalue weighted by Gasteiger charge is 2.13. The molecule has 5 heteroatoms. The Kier molecular flexibility index (Phi) is 4.89. The SMILES string of the molecule is OC(CSc1cccc(Cl)c1)c1ncccc1Cl. The maximum absolute atomic E-state index is 10.0. The van der Waals surface area contributed by atoms with Crippen molar-refractivity contribution >= 4 is 35.0 Å². The number of hydrogen-bond acceptors (Lipinski definition) is 3. The number of aromatic nitrogens is 1. The summed E-state index contributed by atoms with van der Waals surface area (Å²) >= 11 is 13.4. The molecule has 18 heavy (non-hydrogen) atoms. The molecule has 1 aromatic heterocycles. The second-order valence-electron chi connectivity index (χ2n) is 3.65. The van der Waals surface area contributed by atoms with E-state index in [1.54, 1.807) is 18.3 Å². The maximum atomic E-state index is 10.0. The number of benzene rings is 1. The predicted octanol–water partition coefficient (Wildman–Crippen LogP) is 4.21. The minimum Gasteiger partial charge on any atom is -0.386 e. The summed E-state index contributed by atoms with van der Waals surface area (Å²) in [6.45, 7) is 0. The van der Waals surface area contributed by atoms with Gasteiger partial charge in [0.25, 0.3) is 0 Å². The number of hydrogen-bond donors (Lipinski definition) is 1. The van der Waals surface area contributed by atoms with Gasteiger partial charge in [-0.1, -0.05) is 29.3 Å². The third-order valence-electron chi connectivity index (χ3n) is 2.31. The lowest BCUT2D eigenvalue weighted by Crippen LogP contribution is -2.03. The van der Waals surface area contributed by atoms with E-state index in [9.17, 15) is 5.11 Å². The Bertz CT molecular complexity index is 536. The molecule has 0 bridgehead atoms. The Morgan fingerprint density at radius 3 is 2.78 bits per heavy atom. The summed E-state index contributed by atoms with van der Waals surface area (Å²) in [6.07, 6.45) is 0.928. The van der Waals surface area contributed by atoms with Crippen LogP contribution in [-0.2, 0) is 0 Å². The lowest BCUT2D eigenvalue weighted by Gasteiger charge is -2.11. The number of halogens is 2. The summed E-state index contributed by atoms with van der Waals surface area (Å²) in [7, 11) is 0. The van der Waals surface area contributed by atoms with Gasteiger partial charge in [-0.15, -0.1) is 11.8 Å². The number of pyridine rings is 1. The summed E-state index contributed by atoms with van der Waals surface area (Å²) in [4.78, 5) is 5.09. The van der Waals surface area contributed by atoms with E-state index < -0.39 is 6.10 Å². The summed E-state index contributed by atoms with van der Waals surface area (Å²) in [5, 5.41) is 11.2. The van der Waals surface area contributed by atoms with E-state index >= 15 is 0 Å². The molecule has 1 heterocycles. The number of aliphatic hydroxyl groups is 1. The molecular formula is C13H11Cl2NOS. The molecule has 1 unspecified atom stereocenters. The molecular weight excluding hydrogens is 289 g/mol. The van der Waals surface area contributed by atoms with Crippen LogP contribution in [0.2, 0.25) is 10.0 Å². The van der Waals surface area contributed by atoms with Crippen LogP contribution in [0.15, 0.2) is 47.5 Å². The van der Waals surface area contributed by atoms with E-state index in [0.29, 0.717) is 21.5 Å². The average Bonchev–Trinajstić information content (AvgIpc) is 2.37. The van der Waals surface area contributed by atoms with Crippen molar-refractivity contribution in [3.05, 3.63) is 58.3 Å². The second-order valence-corrected chi connectivity index (χ2v) is 5.59.